The van der Waals surface area contributed by atoms with Crippen LogP contribution in [0.15, 0.2) is 11.6 Å². The monoisotopic (exact) mass is 457 g/mol. The van der Waals surface area contributed by atoms with Gasteiger partial charge in [0, 0.05) is 13.0 Å². The molecule has 4 fully saturated rings. The highest BCUT2D eigenvalue weighted by atomic mass is 16.3. The molecule has 0 aromatic heterocycles. The minimum atomic E-state index is -0.0766. The number of fused-ring (bicyclic) bond motifs is 5. The van der Waals surface area contributed by atoms with Crippen molar-refractivity contribution < 1.29 is 9.90 Å². The zero-order valence-electron chi connectivity index (χ0n) is 22.2. The predicted octanol–water partition coefficient (Wildman–Crippen LogP) is 6.90. The third-order valence-corrected chi connectivity index (χ3v) is 11.0. The highest BCUT2D eigenvalue weighted by Crippen LogP contribution is 2.67. The van der Waals surface area contributed by atoms with Gasteiger partial charge in [-0.1, -0.05) is 65.5 Å². The quantitative estimate of drug-likeness (QED) is 0.349. The van der Waals surface area contributed by atoms with Gasteiger partial charge in [-0.25, -0.2) is 0 Å². The first kappa shape index (κ1) is 25.3. The second-order valence-electron chi connectivity index (χ2n) is 13.3. The molecular weight excluding hydrogens is 406 g/mol. The van der Waals surface area contributed by atoms with E-state index in [9.17, 15) is 9.90 Å². The Morgan fingerprint density at radius 3 is 2.42 bits per heavy atom. The maximum atomic E-state index is 10.2. The number of carbonyl (C=O) groups excluding carboxylic acids is 1. The summed E-state index contributed by atoms with van der Waals surface area (Å²) in [5.74, 6) is 5.64. The lowest BCUT2D eigenvalue weighted by Crippen LogP contribution is -2.50. The van der Waals surface area contributed by atoms with Gasteiger partial charge in [-0.05, 0) is 97.7 Å². The Hall–Kier alpha value is -0.830. The Morgan fingerprint density at radius 1 is 1.06 bits per heavy atom. The van der Waals surface area contributed by atoms with Crippen molar-refractivity contribution in [2.45, 2.75) is 118 Å². The molecule has 33 heavy (non-hydrogen) atoms. The van der Waals surface area contributed by atoms with E-state index in [1.165, 1.54) is 57.8 Å². The predicted molar refractivity (Wildman–Crippen MR) is 137 cm³/mol. The normalized spacial score (nSPS) is 42.6. The van der Waals surface area contributed by atoms with Crippen molar-refractivity contribution in [2.24, 2.45) is 46.3 Å². The van der Waals surface area contributed by atoms with Crippen LogP contribution in [-0.4, -0.2) is 23.7 Å². The maximum Gasteiger partial charge on any atom is 0.221 e. The van der Waals surface area contributed by atoms with Gasteiger partial charge in [-0.2, -0.15) is 0 Å². The van der Waals surface area contributed by atoms with Crippen LogP contribution in [0.2, 0.25) is 0 Å². The Labute approximate surface area is 203 Å². The summed E-state index contributed by atoms with van der Waals surface area (Å²) in [4.78, 5) is 9.79. The van der Waals surface area contributed by atoms with Crippen LogP contribution in [0, 0.1) is 46.3 Å². The topological polar surface area (TPSA) is 49.3 Å². The molecule has 1 aliphatic heterocycles. The second-order valence-corrected chi connectivity index (χ2v) is 13.3. The van der Waals surface area contributed by atoms with Crippen LogP contribution < -0.4 is 5.32 Å². The Bertz CT molecular complexity index is 723. The van der Waals surface area contributed by atoms with Crippen LogP contribution in [0.5, 0.6) is 0 Å². The molecule has 0 bridgehead atoms. The van der Waals surface area contributed by atoms with E-state index in [2.05, 4.69) is 46.0 Å². The van der Waals surface area contributed by atoms with Crippen molar-refractivity contribution in [3.8, 4) is 0 Å². The summed E-state index contributed by atoms with van der Waals surface area (Å²) in [6.07, 6.45) is 17.9. The molecule has 0 radical (unpaired) electrons. The van der Waals surface area contributed by atoms with Crippen LogP contribution in [0.1, 0.15) is 112 Å². The zero-order chi connectivity index (χ0) is 23.8. The van der Waals surface area contributed by atoms with Gasteiger partial charge < -0.3 is 10.4 Å². The third-order valence-electron chi connectivity index (χ3n) is 11.0. The molecule has 5 aliphatic rings. The number of carbonyl (C=O) groups is 1. The first-order valence-electron chi connectivity index (χ1n) is 14.3. The summed E-state index contributed by atoms with van der Waals surface area (Å²) in [6, 6.07) is 0. The molecule has 4 aliphatic carbocycles. The lowest BCUT2D eigenvalue weighted by molar-refractivity contribution is -0.125. The highest BCUT2D eigenvalue weighted by molar-refractivity contribution is 5.81. The van der Waals surface area contributed by atoms with Crippen LogP contribution >= 0.6 is 0 Å². The number of aliphatic hydroxyl groups is 1. The van der Waals surface area contributed by atoms with E-state index in [4.69, 9.17) is 0 Å². The van der Waals surface area contributed by atoms with Crippen molar-refractivity contribution in [2.75, 3.05) is 6.54 Å². The summed E-state index contributed by atoms with van der Waals surface area (Å²) in [5, 5.41) is 12.8. The van der Waals surface area contributed by atoms with Crippen LogP contribution in [0.4, 0.5) is 0 Å². The fourth-order valence-electron chi connectivity index (χ4n) is 8.89. The molecule has 0 aromatic rings. The van der Waals surface area contributed by atoms with Gasteiger partial charge in [-0.3, -0.25) is 4.79 Å². The van der Waals surface area contributed by atoms with Crippen LogP contribution in [0.25, 0.3) is 0 Å². The van der Waals surface area contributed by atoms with Gasteiger partial charge in [0.25, 0.3) is 0 Å². The minimum absolute atomic E-state index is 0.0766. The number of rotatable bonds is 5. The molecular formula is C30H51NO2. The first-order valence-corrected chi connectivity index (χ1v) is 14.3. The summed E-state index contributed by atoms with van der Waals surface area (Å²) in [6.45, 7) is 13.5. The summed E-state index contributed by atoms with van der Waals surface area (Å²) >= 11 is 0. The molecule has 3 heteroatoms. The number of hydrogen-bond donors (Lipinski definition) is 2. The van der Waals surface area contributed by atoms with Crippen LogP contribution in [-0.2, 0) is 4.79 Å². The van der Waals surface area contributed by atoms with Crippen molar-refractivity contribution in [3.63, 3.8) is 0 Å². The van der Waals surface area contributed by atoms with E-state index in [0.29, 0.717) is 10.8 Å². The lowest BCUT2D eigenvalue weighted by atomic mass is 9.47. The summed E-state index contributed by atoms with van der Waals surface area (Å²) in [7, 11) is 0. The molecule has 2 N–H and O–H groups in total. The molecule has 188 valence electrons. The van der Waals surface area contributed by atoms with Gasteiger partial charge in [0.2, 0.25) is 5.91 Å². The number of hydrogen-bond acceptors (Lipinski definition) is 2. The van der Waals surface area contributed by atoms with Gasteiger partial charge in [0.05, 0.1) is 6.10 Å². The lowest BCUT2D eigenvalue weighted by Gasteiger charge is -2.58. The average molecular weight is 458 g/mol. The van der Waals surface area contributed by atoms with E-state index in [1.54, 1.807) is 5.57 Å². The Balaban J connectivity index is 0.000000459. The van der Waals surface area contributed by atoms with Gasteiger partial charge in [0.1, 0.15) is 0 Å². The maximum absolute atomic E-state index is 10.2. The number of amides is 1. The SMILES string of the molecule is CC(C)CCC[C@@H](C)[C@H]1CC[C@H]2[C@@H]3CC=C4C[C@@H](O)CC[C@]4(C)[C@H]3CC[C@]12C.O=C1CCN1. The number of nitrogens with one attached hydrogen (secondary N) is 1. The first-order chi connectivity index (χ1) is 15.6. The van der Waals surface area contributed by atoms with Crippen molar-refractivity contribution in [1.82, 2.24) is 5.32 Å². The zero-order valence-corrected chi connectivity index (χ0v) is 22.2. The third kappa shape index (κ3) is 4.95. The molecule has 0 unspecified atom stereocenters. The second kappa shape index (κ2) is 10.0. The summed E-state index contributed by atoms with van der Waals surface area (Å²) in [5.41, 5.74) is 2.60. The smallest absolute Gasteiger partial charge is 0.221 e. The molecule has 1 saturated heterocycles. The Kier molecular flexibility index (Phi) is 7.68. The average Bonchev–Trinajstić information content (AvgIpc) is 3.10. The van der Waals surface area contributed by atoms with Crippen molar-refractivity contribution in [1.29, 1.82) is 0 Å². The van der Waals surface area contributed by atoms with Gasteiger partial charge in [-0.15, -0.1) is 0 Å². The Morgan fingerprint density at radius 2 is 1.79 bits per heavy atom. The molecule has 0 spiro atoms. The molecule has 0 aromatic carbocycles. The van der Waals surface area contributed by atoms with Gasteiger partial charge >= 0.3 is 0 Å². The molecule has 3 saturated carbocycles. The van der Waals surface area contributed by atoms with E-state index in [0.717, 1.165) is 61.3 Å². The van der Waals surface area contributed by atoms with E-state index < -0.39 is 0 Å². The van der Waals surface area contributed by atoms with E-state index >= 15 is 0 Å². The minimum Gasteiger partial charge on any atom is -0.393 e. The van der Waals surface area contributed by atoms with Crippen molar-refractivity contribution >= 4 is 5.91 Å². The highest BCUT2D eigenvalue weighted by Gasteiger charge is 2.59. The molecule has 1 heterocycles. The van der Waals surface area contributed by atoms with E-state index in [1.807, 2.05) is 0 Å². The number of β-lactam (4-membered cyclic amide) rings is 1. The fraction of sp³-hybridized carbons (Fsp3) is 0.900. The number of aliphatic hydroxyl groups excluding tert-OH is 1. The van der Waals surface area contributed by atoms with Crippen LogP contribution in [0.3, 0.4) is 0 Å². The van der Waals surface area contributed by atoms with Crippen molar-refractivity contribution in [3.05, 3.63) is 11.6 Å². The summed E-state index contributed by atoms with van der Waals surface area (Å²) < 4.78 is 0. The molecule has 8 atom stereocenters. The largest absolute Gasteiger partial charge is 0.393 e. The molecule has 5 rings (SSSR count). The standard InChI is InChI=1S/C27H46O.C3H5NO/c1-18(2)7-6-8-19(3)23-11-12-24-22-10-9-20-17-21(28)13-15-26(20,4)25(22)14-16-27(23,24)5;5-3-1-2-4-3/h9,18-19,21-25,28H,6-8,10-17H2,1-5H3;1-2H2,(H,4,5)/t19-,21+,22+,23-,24+,25+,26+,27-;/m1./s1. The fourth-order valence-corrected chi connectivity index (χ4v) is 8.89. The van der Waals surface area contributed by atoms with Gasteiger partial charge in [0.15, 0.2) is 0 Å². The molecule has 3 nitrogen and oxygen atoms in total. The number of allylic oxidation sites excluding steroid dienone is 1. The van der Waals surface area contributed by atoms with E-state index in [-0.39, 0.29) is 12.0 Å². The molecule has 1 amide bonds.